The molecule has 1 aliphatic rings. The number of rotatable bonds is 10. The first kappa shape index (κ1) is 37.4. The van der Waals surface area contributed by atoms with Crippen LogP contribution in [0.3, 0.4) is 0 Å². The van der Waals surface area contributed by atoms with Gasteiger partial charge in [0.2, 0.25) is 15.9 Å². The molecule has 2 aromatic carbocycles. The Labute approximate surface area is 288 Å². The fraction of sp³-hybridized carbons (Fsp3) is 0.471. The van der Waals surface area contributed by atoms with Gasteiger partial charge in [0.15, 0.2) is 5.75 Å². The SMILES string of the molecule is COc1c(NC(=O)c2ccc(C)c(Oc3cc(CN4CCN(OC(=O)OC(C)(C)C)CC4)ncn3)c2)cc(C(C)(C)C)cc1NS(C)(=O)=O. The van der Waals surface area contributed by atoms with Crippen LogP contribution < -0.4 is 19.5 Å². The van der Waals surface area contributed by atoms with Gasteiger partial charge in [0, 0.05) is 44.4 Å². The maximum atomic E-state index is 13.5. The third-order valence-electron chi connectivity index (χ3n) is 7.38. The number of hydrogen-bond donors (Lipinski definition) is 2. The number of piperazine rings is 1. The van der Waals surface area contributed by atoms with E-state index in [1.165, 1.54) is 13.4 Å². The van der Waals surface area contributed by atoms with E-state index in [4.69, 9.17) is 19.0 Å². The minimum atomic E-state index is -3.63. The van der Waals surface area contributed by atoms with Gasteiger partial charge in [-0.2, -0.15) is 0 Å². The number of hydroxylamine groups is 2. The van der Waals surface area contributed by atoms with Gasteiger partial charge in [-0.25, -0.2) is 23.2 Å². The van der Waals surface area contributed by atoms with E-state index in [0.29, 0.717) is 55.6 Å². The van der Waals surface area contributed by atoms with E-state index in [0.717, 1.165) is 23.1 Å². The zero-order valence-corrected chi connectivity index (χ0v) is 30.4. The highest BCUT2D eigenvalue weighted by molar-refractivity contribution is 7.92. The van der Waals surface area contributed by atoms with E-state index < -0.39 is 27.7 Å². The Bertz CT molecular complexity index is 1780. The summed E-state index contributed by atoms with van der Waals surface area (Å²) in [6, 6.07) is 10.3. The Hall–Kier alpha value is -4.47. The molecule has 4 rings (SSSR count). The molecule has 1 fully saturated rings. The van der Waals surface area contributed by atoms with E-state index in [1.807, 2.05) is 27.7 Å². The average Bonchev–Trinajstić information content (AvgIpc) is 2.97. The molecule has 2 heterocycles. The number of carbonyl (C=O) groups is 2. The lowest BCUT2D eigenvalue weighted by Crippen LogP contribution is -2.47. The van der Waals surface area contributed by atoms with Crippen molar-refractivity contribution in [2.45, 2.75) is 66.0 Å². The summed E-state index contributed by atoms with van der Waals surface area (Å²) in [5.41, 5.74) is 2.16. The predicted molar refractivity (Wildman–Crippen MR) is 186 cm³/mol. The summed E-state index contributed by atoms with van der Waals surface area (Å²) in [6.07, 6.45) is 1.76. The number of nitrogens with one attached hydrogen (secondary N) is 2. The second-order valence-electron chi connectivity index (χ2n) is 13.9. The molecule has 1 aliphatic heterocycles. The topological polar surface area (TPSA) is 162 Å². The number of amides is 1. The van der Waals surface area contributed by atoms with Gasteiger partial charge in [-0.05, 0) is 68.5 Å². The minimum absolute atomic E-state index is 0.181. The van der Waals surface area contributed by atoms with Crippen LogP contribution in [0.5, 0.6) is 17.4 Å². The van der Waals surface area contributed by atoms with E-state index >= 15 is 0 Å². The van der Waals surface area contributed by atoms with Crippen molar-refractivity contribution in [1.82, 2.24) is 19.9 Å². The van der Waals surface area contributed by atoms with E-state index in [-0.39, 0.29) is 16.9 Å². The second-order valence-corrected chi connectivity index (χ2v) is 15.6. The van der Waals surface area contributed by atoms with E-state index in [2.05, 4.69) is 24.9 Å². The van der Waals surface area contributed by atoms with Crippen LogP contribution in [0, 0.1) is 6.92 Å². The zero-order valence-electron chi connectivity index (χ0n) is 29.5. The predicted octanol–water partition coefficient (Wildman–Crippen LogP) is 5.49. The minimum Gasteiger partial charge on any atom is -0.492 e. The van der Waals surface area contributed by atoms with Gasteiger partial charge in [0.05, 0.1) is 30.4 Å². The first-order valence-electron chi connectivity index (χ1n) is 15.8. The Morgan fingerprint density at radius 3 is 2.22 bits per heavy atom. The Morgan fingerprint density at radius 1 is 0.939 bits per heavy atom. The maximum absolute atomic E-state index is 13.5. The molecular weight excluding hydrogens is 652 g/mol. The molecule has 1 aromatic heterocycles. The third kappa shape index (κ3) is 11.0. The fourth-order valence-corrected chi connectivity index (χ4v) is 5.46. The molecule has 0 radical (unpaired) electrons. The molecule has 14 nitrogen and oxygen atoms in total. The summed E-state index contributed by atoms with van der Waals surface area (Å²) < 4.78 is 43.6. The number of ether oxygens (including phenoxy) is 3. The molecule has 1 saturated heterocycles. The smallest absolute Gasteiger partial charge is 0.492 e. The van der Waals surface area contributed by atoms with Gasteiger partial charge in [-0.3, -0.25) is 14.4 Å². The molecule has 2 N–H and O–H groups in total. The van der Waals surface area contributed by atoms with Crippen LogP contribution in [-0.2, 0) is 31.6 Å². The summed E-state index contributed by atoms with van der Waals surface area (Å²) in [6.45, 7) is 16.0. The lowest BCUT2D eigenvalue weighted by molar-refractivity contribution is -0.158. The van der Waals surface area contributed by atoms with Gasteiger partial charge in [0.1, 0.15) is 17.7 Å². The first-order chi connectivity index (χ1) is 22.8. The number of hydrogen-bond acceptors (Lipinski definition) is 12. The number of aromatic nitrogens is 2. The van der Waals surface area contributed by atoms with E-state index in [1.54, 1.807) is 62.2 Å². The molecule has 0 atom stereocenters. The molecule has 49 heavy (non-hydrogen) atoms. The molecule has 15 heteroatoms. The van der Waals surface area contributed by atoms with Crippen LogP contribution >= 0.6 is 0 Å². The number of sulfonamides is 1. The fourth-order valence-electron chi connectivity index (χ4n) is 4.91. The van der Waals surface area contributed by atoms with Crippen molar-refractivity contribution in [3.8, 4) is 17.4 Å². The first-order valence-corrected chi connectivity index (χ1v) is 17.7. The largest absolute Gasteiger partial charge is 0.528 e. The van der Waals surface area contributed by atoms with Crippen molar-refractivity contribution < 1.29 is 37.1 Å². The van der Waals surface area contributed by atoms with Crippen LogP contribution in [0.4, 0.5) is 16.2 Å². The molecule has 0 aliphatic carbocycles. The highest BCUT2D eigenvalue weighted by Gasteiger charge is 2.25. The molecule has 266 valence electrons. The number of methoxy groups -OCH3 is 1. The van der Waals surface area contributed by atoms with Gasteiger partial charge in [-0.15, -0.1) is 5.06 Å². The van der Waals surface area contributed by atoms with Crippen molar-refractivity contribution in [3.63, 3.8) is 0 Å². The molecule has 0 unspecified atom stereocenters. The van der Waals surface area contributed by atoms with Crippen molar-refractivity contribution in [3.05, 3.63) is 65.1 Å². The lowest BCUT2D eigenvalue weighted by atomic mass is 9.86. The van der Waals surface area contributed by atoms with Crippen molar-refractivity contribution in [2.75, 3.05) is 49.6 Å². The molecule has 3 aromatic rings. The Morgan fingerprint density at radius 2 is 1.61 bits per heavy atom. The van der Waals surface area contributed by atoms with Crippen molar-refractivity contribution >= 4 is 33.5 Å². The summed E-state index contributed by atoms with van der Waals surface area (Å²) in [5, 5.41) is 4.47. The Kier molecular flexibility index (Phi) is 11.4. The second kappa shape index (κ2) is 15.0. The van der Waals surface area contributed by atoms with E-state index in [9.17, 15) is 18.0 Å². The standard InChI is InChI=1S/C34H46N6O8S/c1-22-10-11-23(31(41)37-26-17-24(33(2,3)4)18-27(30(26)45-8)38-49(9,43)44)16-28(22)46-29-19-25(35-21-36-29)20-39-12-14-40(15-13-39)48-32(42)47-34(5,6)7/h10-11,16-19,21,38H,12-15,20H2,1-9H3,(H,37,41). The number of benzene rings is 2. The lowest BCUT2D eigenvalue weighted by Gasteiger charge is -2.33. The van der Waals surface area contributed by atoms with Crippen LogP contribution in [0.1, 0.15) is 68.7 Å². The van der Waals surface area contributed by atoms with Gasteiger partial charge in [-0.1, -0.05) is 26.8 Å². The monoisotopic (exact) mass is 698 g/mol. The van der Waals surface area contributed by atoms with Gasteiger partial charge in [0.25, 0.3) is 5.91 Å². The highest BCUT2D eigenvalue weighted by atomic mass is 32.2. The number of carbonyl (C=O) groups excluding carboxylic acids is 2. The average molecular weight is 699 g/mol. The van der Waals surface area contributed by atoms with Crippen molar-refractivity contribution in [2.24, 2.45) is 0 Å². The van der Waals surface area contributed by atoms with Crippen LogP contribution in [-0.4, -0.2) is 85.6 Å². The molecule has 0 bridgehead atoms. The molecule has 0 saturated carbocycles. The van der Waals surface area contributed by atoms with Gasteiger partial charge >= 0.3 is 6.16 Å². The van der Waals surface area contributed by atoms with Crippen molar-refractivity contribution in [1.29, 1.82) is 0 Å². The molecule has 0 spiro atoms. The third-order valence-corrected chi connectivity index (χ3v) is 7.97. The summed E-state index contributed by atoms with van der Waals surface area (Å²) in [4.78, 5) is 41.7. The molecular formula is C34H46N6O8S. The summed E-state index contributed by atoms with van der Waals surface area (Å²) in [7, 11) is -2.22. The number of aryl methyl sites for hydroxylation is 1. The summed E-state index contributed by atoms with van der Waals surface area (Å²) >= 11 is 0. The van der Waals surface area contributed by atoms with Crippen LogP contribution in [0.15, 0.2) is 42.7 Å². The Balaban J connectivity index is 1.45. The number of nitrogens with zero attached hydrogens (tertiary/aromatic N) is 4. The number of anilines is 2. The quantitative estimate of drug-likeness (QED) is 0.257. The maximum Gasteiger partial charge on any atom is 0.528 e. The van der Waals surface area contributed by atoms with Gasteiger partial charge < -0.3 is 24.4 Å². The normalized spacial score (nSPS) is 14.6. The molecule has 1 amide bonds. The zero-order chi connectivity index (χ0) is 36.1. The highest BCUT2D eigenvalue weighted by Crippen LogP contribution is 2.39. The summed E-state index contributed by atoms with van der Waals surface area (Å²) in [5.74, 6) is 0.479. The van der Waals surface area contributed by atoms with Crippen LogP contribution in [0.2, 0.25) is 0 Å². The van der Waals surface area contributed by atoms with Crippen LogP contribution in [0.25, 0.3) is 0 Å².